The van der Waals surface area contributed by atoms with E-state index in [-0.39, 0.29) is 23.1 Å². The maximum Gasteiger partial charge on any atom is 0.293 e. The van der Waals surface area contributed by atoms with Gasteiger partial charge in [0.15, 0.2) is 0 Å². The second-order valence-corrected chi connectivity index (χ2v) is 6.32. The van der Waals surface area contributed by atoms with Crippen molar-refractivity contribution in [1.29, 1.82) is 0 Å². The maximum atomic E-state index is 11.6. The van der Waals surface area contributed by atoms with E-state index in [9.17, 15) is 14.9 Å². The number of anilines is 1. The first kappa shape index (κ1) is 15.3. The molecule has 0 radical (unpaired) electrons. The summed E-state index contributed by atoms with van der Waals surface area (Å²) in [4.78, 5) is 22.3. The second kappa shape index (κ2) is 5.71. The molecule has 0 bridgehead atoms. The van der Waals surface area contributed by atoms with E-state index in [1.54, 1.807) is 12.1 Å². The Labute approximate surface area is 124 Å². The molecule has 1 atom stereocenters. The van der Waals surface area contributed by atoms with Gasteiger partial charge in [0, 0.05) is 24.7 Å². The smallest absolute Gasteiger partial charge is 0.293 e. The Bertz CT molecular complexity index is 569. The lowest BCUT2D eigenvalue weighted by Crippen LogP contribution is -2.20. The van der Waals surface area contributed by atoms with Crippen molar-refractivity contribution in [3.05, 3.63) is 33.9 Å². The predicted molar refractivity (Wildman–Crippen MR) is 81.5 cm³/mol. The highest BCUT2D eigenvalue weighted by atomic mass is 16.6. The Morgan fingerprint density at radius 1 is 1.43 bits per heavy atom. The number of carbonyl (C=O) groups is 1. The number of rotatable bonds is 4. The van der Waals surface area contributed by atoms with E-state index in [1.807, 2.05) is 0 Å². The SMILES string of the molecule is CNC(=O)c1ccc(NC2CCC(C)(C)C2)c([N+](=O)[O-])c1. The molecule has 1 fully saturated rings. The summed E-state index contributed by atoms with van der Waals surface area (Å²) in [6.07, 6.45) is 3.09. The van der Waals surface area contributed by atoms with Crippen molar-refractivity contribution in [2.45, 2.75) is 39.2 Å². The molecular formula is C15H21N3O3. The Morgan fingerprint density at radius 2 is 2.14 bits per heavy atom. The number of nitro groups is 1. The molecule has 1 amide bonds. The average molecular weight is 291 g/mol. The number of nitrogens with zero attached hydrogens (tertiary/aromatic N) is 1. The molecule has 2 rings (SSSR count). The average Bonchev–Trinajstić information content (AvgIpc) is 2.77. The van der Waals surface area contributed by atoms with Gasteiger partial charge in [-0.2, -0.15) is 0 Å². The fraction of sp³-hybridized carbons (Fsp3) is 0.533. The van der Waals surface area contributed by atoms with Crippen LogP contribution in [-0.2, 0) is 0 Å². The van der Waals surface area contributed by atoms with Crippen LogP contribution < -0.4 is 10.6 Å². The third kappa shape index (κ3) is 3.51. The Morgan fingerprint density at radius 3 is 2.67 bits per heavy atom. The van der Waals surface area contributed by atoms with Crippen molar-refractivity contribution in [3.63, 3.8) is 0 Å². The van der Waals surface area contributed by atoms with E-state index >= 15 is 0 Å². The van der Waals surface area contributed by atoms with Crippen molar-refractivity contribution >= 4 is 17.3 Å². The summed E-state index contributed by atoms with van der Waals surface area (Å²) in [6, 6.07) is 4.79. The molecule has 6 heteroatoms. The molecule has 1 saturated carbocycles. The number of hydrogen-bond donors (Lipinski definition) is 2. The number of nitro benzene ring substituents is 1. The molecule has 0 heterocycles. The van der Waals surface area contributed by atoms with Crippen LogP contribution in [0.3, 0.4) is 0 Å². The molecule has 1 unspecified atom stereocenters. The third-order valence-corrected chi connectivity index (χ3v) is 4.01. The largest absolute Gasteiger partial charge is 0.377 e. The molecular weight excluding hydrogens is 270 g/mol. The van der Waals surface area contributed by atoms with Crippen LogP contribution in [-0.4, -0.2) is 23.9 Å². The highest BCUT2D eigenvalue weighted by Gasteiger charge is 2.32. The lowest BCUT2D eigenvalue weighted by atomic mass is 9.92. The van der Waals surface area contributed by atoms with Gasteiger partial charge in [-0.05, 0) is 36.8 Å². The minimum atomic E-state index is -0.450. The molecule has 114 valence electrons. The molecule has 1 aromatic rings. The number of benzene rings is 1. The van der Waals surface area contributed by atoms with E-state index in [0.29, 0.717) is 11.3 Å². The minimum Gasteiger partial charge on any atom is -0.377 e. The number of carbonyl (C=O) groups excluding carboxylic acids is 1. The molecule has 0 spiro atoms. The molecule has 2 N–H and O–H groups in total. The van der Waals surface area contributed by atoms with E-state index in [4.69, 9.17) is 0 Å². The van der Waals surface area contributed by atoms with Crippen LogP contribution in [0.25, 0.3) is 0 Å². The van der Waals surface area contributed by atoms with Gasteiger partial charge in [0.2, 0.25) is 0 Å². The summed E-state index contributed by atoms with van der Waals surface area (Å²) < 4.78 is 0. The van der Waals surface area contributed by atoms with Gasteiger partial charge in [-0.3, -0.25) is 14.9 Å². The van der Waals surface area contributed by atoms with Crippen molar-refractivity contribution < 1.29 is 9.72 Å². The molecule has 6 nitrogen and oxygen atoms in total. The number of hydrogen-bond acceptors (Lipinski definition) is 4. The first-order valence-corrected chi connectivity index (χ1v) is 7.09. The van der Waals surface area contributed by atoms with Gasteiger partial charge in [0.05, 0.1) is 4.92 Å². The van der Waals surface area contributed by atoms with Crippen molar-refractivity contribution in [1.82, 2.24) is 5.32 Å². The van der Waals surface area contributed by atoms with Gasteiger partial charge < -0.3 is 10.6 Å². The minimum absolute atomic E-state index is 0.0548. The molecule has 1 aliphatic carbocycles. The highest BCUT2D eigenvalue weighted by Crippen LogP contribution is 2.39. The summed E-state index contributed by atoms with van der Waals surface area (Å²) >= 11 is 0. The first-order chi connectivity index (χ1) is 9.82. The predicted octanol–water partition coefficient (Wildman–Crippen LogP) is 2.95. The number of nitrogens with one attached hydrogen (secondary N) is 2. The van der Waals surface area contributed by atoms with Crippen LogP contribution >= 0.6 is 0 Å². The summed E-state index contributed by atoms with van der Waals surface area (Å²) in [6.45, 7) is 4.41. The normalized spacial score (nSPS) is 20.0. The Kier molecular flexibility index (Phi) is 4.16. The zero-order valence-corrected chi connectivity index (χ0v) is 12.6. The molecule has 1 aromatic carbocycles. The highest BCUT2D eigenvalue weighted by molar-refractivity contribution is 5.95. The lowest BCUT2D eigenvalue weighted by Gasteiger charge is -2.18. The summed E-state index contributed by atoms with van der Waals surface area (Å²) in [5.74, 6) is -0.327. The quantitative estimate of drug-likeness (QED) is 0.660. The van der Waals surface area contributed by atoms with Crippen molar-refractivity contribution in [3.8, 4) is 0 Å². The molecule has 0 aliphatic heterocycles. The summed E-state index contributed by atoms with van der Waals surface area (Å²) in [7, 11) is 1.50. The van der Waals surface area contributed by atoms with Gasteiger partial charge >= 0.3 is 0 Å². The van der Waals surface area contributed by atoms with E-state index in [2.05, 4.69) is 24.5 Å². The summed E-state index contributed by atoms with van der Waals surface area (Å²) in [5.41, 5.74) is 0.992. The number of amides is 1. The fourth-order valence-electron chi connectivity index (χ4n) is 2.87. The van der Waals surface area contributed by atoms with Crippen LogP contribution in [0, 0.1) is 15.5 Å². The molecule has 1 aliphatic rings. The van der Waals surface area contributed by atoms with E-state index in [0.717, 1.165) is 19.3 Å². The monoisotopic (exact) mass is 291 g/mol. The molecule has 21 heavy (non-hydrogen) atoms. The van der Waals surface area contributed by atoms with Crippen molar-refractivity contribution in [2.24, 2.45) is 5.41 Å². The van der Waals surface area contributed by atoms with Crippen molar-refractivity contribution in [2.75, 3.05) is 12.4 Å². The Hall–Kier alpha value is -2.11. The zero-order chi connectivity index (χ0) is 15.6. The maximum absolute atomic E-state index is 11.6. The third-order valence-electron chi connectivity index (χ3n) is 4.01. The standard InChI is InChI=1S/C15H21N3O3/c1-15(2)7-6-11(9-15)17-12-5-4-10(14(19)16-3)8-13(12)18(20)21/h4-5,8,11,17H,6-7,9H2,1-3H3,(H,16,19). The van der Waals surface area contributed by atoms with Crippen LogP contribution in [0.5, 0.6) is 0 Å². The van der Waals surface area contributed by atoms with Gasteiger partial charge in [-0.15, -0.1) is 0 Å². The fourth-order valence-corrected chi connectivity index (χ4v) is 2.87. The van der Waals surface area contributed by atoms with Gasteiger partial charge in [-0.1, -0.05) is 13.8 Å². The topological polar surface area (TPSA) is 84.3 Å². The lowest BCUT2D eigenvalue weighted by molar-refractivity contribution is -0.384. The van der Waals surface area contributed by atoms with Gasteiger partial charge in [0.25, 0.3) is 11.6 Å². The van der Waals surface area contributed by atoms with E-state index in [1.165, 1.54) is 13.1 Å². The van der Waals surface area contributed by atoms with Crippen LogP contribution in [0.15, 0.2) is 18.2 Å². The van der Waals surface area contributed by atoms with Gasteiger partial charge in [-0.25, -0.2) is 0 Å². The Balaban J connectivity index is 2.23. The van der Waals surface area contributed by atoms with E-state index < -0.39 is 4.92 Å². The van der Waals surface area contributed by atoms with Crippen LogP contribution in [0.4, 0.5) is 11.4 Å². The first-order valence-electron chi connectivity index (χ1n) is 7.09. The van der Waals surface area contributed by atoms with Crippen LogP contribution in [0.2, 0.25) is 0 Å². The second-order valence-electron chi connectivity index (χ2n) is 6.32. The van der Waals surface area contributed by atoms with Crippen LogP contribution in [0.1, 0.15) is 43.5 Å². The summed E-state index contributed by atoms with van der Waals surface area (Å²) in [5, 5.41) is 16.9. The molecule has 0 saturated heterocycles. The zero-order valence-electron chi connectivity index (χ0n) is 12.6. The van der Waals surface area contributed by atoms with Gasteiger partial charge in [0.1, 0.15) is 5.69 Å². The molecule has 0 aromatic heterocycles.